The summed E-state index contributed by atoms with van der Waals surface area (Å²) in [5, 5.41) is 2.75. The smallest absolute Gasteiger partial charge is 0.189 e. The van der Waals surface area contributed by atoms with E-state index in [2.05, 4.69) is 81.4 Å². The molecular weight excluding hydrogens is 436 g/mol. The van der Waals surface area contributed by atoms with Gasteiger partial charge in [0.2, 0.25) is 0 Å². The molecule has 7 rings (SSSR count). The molecule has 3 fully saturated rings. The van der Waals surface area contributed by atoms with Crippen LogP contribution in [0.4, 0.5) is 0 Å². The van der Waals surface area contributed by atoms with Crippen molar-refractivity contribution >= 4 is 30.6 Å². The number of aryl methyl sites for hydroxylation is 2. The van der Waals surface area contributed by atoms with Crippen LogP contribution in [0, 0.1) is 37.0 Å². The van der Waals surface area contributed by atoms with Crippen LogP contribution in [-0.4, -0.2) is 12.9 Å². The topological polar surface area (TPSA) is 18.5 Å². The van der Waals surface area contributed by atoms with Crippen molar-refractivity contribution in [2.45, 2.75) is 52.6 Å². The lowest BCUT2D eigenvalue weighted by Crippen LogP contribution is -2.27. The molecule has 0 amide bonds. The SMILES string of the molecule is Cc1cc(-[s+]2c3ccccc3c3ccccc32)cc(C)c1OCOC1C2CC(C)CC3(C2)CC13. The molecule has 2 nitrogen and oxygen atoms in total. The van der Waals surface area contributed by atoms with E-state index >= 15 is 0 Å². The number of hydrogen-bond acceptors (Lipinski definition) is 2. The van der Waals surface area contributed by atoms with E-state index in [4.69, 9.17) is 9.47 Å². The summed E-state index contributed by atoms with van der Waals surface area (Å²) in [7, 11) is -0.0703. The molecule has 0 N–H and O–H groups in total. The molecule has 174 valence electrons. The molecule has 5 atom stereocenters. The summed E-state index contributed by atoms with van der Waals surface area (Å²) in [5.41, 5.74) is 3.04. The monoisotopic (exact) mass is 469 g/mol. The molecule has 34 heavy (non-hydrogen) atoms. The average Bonchev–Trinajstić information content (AvgIpc) is 3.28. The van der Waals surface area contributed by atoms with Crippen molar-refractivity contribution in [1.82, 2.24) is 0 Å². The van der Waals surface area contributed by atoms with Gasteiger partial charge in [0.05, 0.1) is 6.10 Å². The second-order valence-corrected chi connectivity index (χ2v) is 13.2. The fourth-order valence-electron chi connectivity index (χ4n) is 7.66. The van der Waals surface area contributed by atoms with E-state index in [0.29, 0.717) is 18.3 Å². The van der Waals surface area contributed by atoms with Crippen LogP contribution in [0.3, 0.4) is 0 Å². The highest BCUT2D eigenvalue weighted by atomic mass is 32.2. The maximum absolute atomic E-state index is 6.43. The Hall–Kier alpha value is -2.36. The van der Waals surface area contributed by atoms with Gasteiger partial charge in [-0.05, 0) is 98.1 Å². The van der Waals surface area contributed by atoms with Gasteiger partial charge in [0.15, 0.2) is 21.1 Å². The lowest BCUT2D eigenvalue weighted by molar-refractivity contribution is -0.0650. The molecule has 1 heterocycles. The van der Waals surface area contributed by atoms with E-state index in [-0.39, 0.29) is 10.5 Å². The fourth-order valence-corrected chi connectivity index (χ4v) is 10.2. The maximum Gasteiger partial charge on any atom is 0.189 e. The Morgan fingerprint density at radius 1 is 0.882 bits per heavy atom. The maximum atomic E-state index is 6.43. The van der Waals surface area contributed by atoms with Crippen molar-refractivity contribution in [3.8, 4) is 10.6 Å². The largest absolute Gasteiger partial charge is 0.467 e. The van der Waals surface area contributed by atoms with E-state index < -0.39 is 0 Å². The van der Waals surface area contributed by atoms with Gasteiger partial charge in [-0.1, -0.05) is 31.2 Å². The first-order valence-electron chi connectivity index (χ1n) is 12.8. The Morgan fingerprint density at radius 3 is 2.21 bits per heavy atom. The minimum atomic E-state index is -0.0703. The van der Waals surface area contributed by atoms with Crippen LogP contribution in [0.25, 0.3) is 25.1 Å². The molecule has 0 saturated heterocycles. The molecule has 0 radical (unpaired) electrons. The molecule has 1 spiro atoms. The van der Waals surface area contributed by atoms with E-state index in [9.17, 15) is 0 Å². The highest BCUT2D eigenvalue weighted by Crippen LogP contribution is 2.72. The van der Waals surface area contributed by atoms with Crippen LogP contribution >= 0.6 is 10.5 Å². The molecule has 2 bridgehead atoms. The van der Waals surface area contributed by atoms with Crippen molar-refractivity contribution in [3.05, 3.63) is 71.8 Å². The van der Waals surface area contributed by atoms with Gasteiger partial charge in [-0.25, -0.2) is 0 Å². The van der Waals surface area contributed by atoms with Crippen molar-refractivity contribution in [2.24, 2.45) is 23.2 Å². The van der Waals surface area contributed by atoms with Crippen molar-refractivity contribution in [2.75, 3.05) is 6.79 Å². The Balaban J connectivity index is 1.16. The zero-order valence-corrected chi connectivity index (χ0v) is 21.2. The van der Waals surface area contributed by atoms with Gasteiger partial charge in [0, 0.05) is 33.4 Å². The Morgan fingerprint density at radius 2 is 1.53 bits per heavy atom. The molecule has 3 aliphatic carbocycles. The number of benzene rings is 3. The van der Waals surface area contributed by atoms with Crippen molar-refractivity contribution in [3.63, 3.8) is 0 Å². The summed E-state index contributed by atoms with van der Waals surface area (Å²) in [6, 6.07) is 22.4. The van der Waals surface area contributed by atoms with Gasteiger partial charge in [0.1, 0.15) is 5.75 Å². The van der Waals surface area contributed by atoms with Crippen LogP contribution in [0.15, 0.2) is 60.7 Å². The second kappa shape index (κ2) is 7.57. The number of fused-ring (bicyclic) bond motifs is 4. The molecule has 3 aromatic carbocycles. The number of rotatable bonds is 5. The third-order valence-corrected chi connectivity index (χ3v) is 11.2. The molecule has 1 aromatic heterocycles. The third-order valence-electron chi connectivity index (χ3n) is 8.88. The molecule has 4 aromatic rings. The minimum Gasteiger partial charge on any atom is -0.467 e. The van der Waals surface area contributed by atoms with Crippen LogP contribution in [0.2, 0.25) is 0 Å². The predicted molar refractivity (Wildman–Crippen MR) is 142 cm³/mol. The van der Waals surface area contributed by atoms with Gasteiger partial charge >= 0.3 is 0 Å². The average molecular weight is 470 g/mol. The molecule has 3 heteroatoms. The fraction of sp³-hybridized carbons (Fsp3) is 0.419. The number of thiophene rings is 1. The van der Waals surface area contributed by atoms with Gasteiger partial charge in [-0.15, -0.1) is 0 Å². The van der Waals surface area contributed by atoms with Gasteiger partial charge in [-0.3, -0.25) is 0 Å². The first-order chi connectivity index (χ1) is 16.5. The zero-order valence-electron chi connectivity index (χ0n) is 20.3. The predicted octanol–water partition coefficient (Wildman–Crippen LogP) is 8.53. The Kier molecular flexibility index (Phi) is 4.67. The van der Waals surface area contributed by atoms with E-state index in [0.717, 1.165) is 23.5 Å². The third kappa shape index (κ3) is 3.09. The lowest BCUT2D eigenvalue weighted by Gasteiger charge is -2.30. The van der Waals surface area contributed by atoms with Crippen LogP contribution in [0.5, 0.6) is 5.75 Å². The normalized spacial score (nSPS) is 29.5. The highest BCUT2D eigenvalue weighted by Gasteiger charge is 2.67. The second-order valence-electron chi connectivity index (χ2n) is 11.3. The zero-order chi connectivity index (χ0) is 23.0. The highest BCUT2D eigenvalue weighted by molar-refractivity contribution is 7.50. The summed E-state index contributed by atoms with van der Waals surface area (Å²) in [4.78, 5) is 1.37. The van der Waals surface area contributed by atoms with E-state index in [1.54, 1.807) is 0 Å². The first kappa shape index (κ1) is 21.0. The van der Waals surface area contributed by atoms with Gasteiger partial charge in [-0.2, -0.15) is 0 Å². The molecular formula is C31H33O2S+. The van der Waals surface area contributed by atoms with E-state index in [1.807, 2.05) is 0 Å². The van der Waals surface area contributed by atoms with Gasteiger partial charge < -0.3 is 9.47 Å². The standard InChI is InChI=1S/C31H33O2S/c1-19-12-22-16-31(15-19)17-26(31)30(22)33-18-32-29-20(2)13-23(14-21(29)3)34-27-10-6-4-8-24(27)25-9-5-7-11-28(25)34/h4-11,13-14,19,22,26,30H,12,15-18H2,1-3H3/q+1. The molecule has 5 unspecified atom stereocenters. The summed E-state index contributed by atoms with van der Waals surface area (Å²) >= 11 is 0. The molecule has 3 saturated carbocycles. The number of ether oxygens (including phenoxy) is 2. The summed E-state index contributed by atoms with van der Waals surface area (Å²) in [6.45, 7) is 7.17. The quantitative estimate of drug-likeness (QED) is 0.215. The van der Waals surface area contributed by atoms with Crippen molar-refractivity contribution < 1.29 is 9.47 Å². The Bertz CT molecular complexity index is 1340. The van der Waals surface area contributed by atoms with Crippen LogP contribution in [0.1, 0.15) is 43.7 Å². The summed E-state index contributed by atoms with van der Waals surface area (Å²) in [5.74, 6) is 3.40. The molecule has 0 aliphatic heterocycles. The van der Waals surface area contributed by atoms with Crippen molar-refractivity contribution in [1.29, 1.82) is 0 Å². The lowest BCUT2D eigenvalue weighted by atomic mass is 9.77. The van der Waals surface area contributed by atoms with Crippen LogP contribution in [-0.2, 0) is 4.74 Å². The minimum absolute atomic E-state index is 0.0703. The Labute approximate surface area is 204 Å². The summed E-state index contributed by atoms with van der Waals surface area (Å²) in [6.07, 6.45) is 5.95. The van der Waals surface area contributed by atoms with Gasteiger partial charge in [0.25, 0.3) is 0 Å². The number of hydrogen-bond donors (Lipinski definition) is 0. The van der Waals surface area contributed by atoms with E-state index in [1.165, 1.54) is 61.9 Å². The summed E-state index contributed by atoms with van der Waals surface area (Å²) < 4.78 is 15.6. The van der Waals surface area contributed by atoms with Crippen LogP contribution < -0.4 is 4.74 Å². The first-order valence-corrected chi connectivity index (χ1v) is 14.0. The molecule has 3 aliphatic rings.